The van der Waals surface area contributed by atoms with E-state index in [1.807, 2.05) is 0 Å². The highest BCUT2D eigenvalue weighted by molar-refractivity contribution is 7.92. The zero-order valence-corrected chi connectivity index (χ0v) is 10.4. The van der Waals surface area contributed by atoms with E-state index < -0.39 is 10.0 Å². The highest BCUT2D eigenvalue weighted by Crippen LogP contribution is 2.15. The third-order valence-corrected chi connectivity index (χ3v) is 3.63. The molecule has 2 N–H and O–H groups in total. The summed E-state index contributed by atoms with van der Waals surface area (Å²) in [6.45, 7) is 1.55. The molecule has 17 heavy (non-hydrogen) atoms. The van der Waals surface area contributed by atoms with Crippen molar-refractivity contribution in [2.75, 3.05) is 17.1 Å². The molecule has 0 amide bonds. The van der Waals surface area contributed by atoms with Gasteiger partial charge in [0.2, 0.25) is 10.0 Å². The fourth-order valence-corrected chi connectivity index (χ4v) is 2.51. The maximum absolute atomic E-state index is 13.0. The Morgan fingerprint density at radius 3 is 2.65 bits per heavy atom. The molecule has 0 aliphatic carbocycles. The van der Waals surface area contributed by atoms with Gasteiger partial charge in [-0.25, -0.2) is 12.8 Å². The number of aliphatic hydroxyl groups is 1. The molecule has 0 radical (unpaired) electrons. The van der Waals surface area contributed by atoms with Gasteiger partial charge in [0.15, 0.2) is 0 Å². The summed E-state index contributed by atoms with van der Waals surface area (Å²) in [7, 11) is -3.42. The van der Waals surface area contributed by atoms with Crippen LogP contribution in [0, 0.1) is 12.7 Å². The minimum absolute atomic E-state index is 0.0226. The molecule has 0 spiro atoms. The molecule has 4 nitrogen and oxygen atoms in total. The van der Waals surface area contributed by atoms with Crippen LogP contribution in [0.15, 0.2) is 18.2 Å². The molecule has 0 aliphatic rings. The minimum atomic E-state index is -3.42. The lowest BCUT2D eigenvalue weighted by molar-refractivity contribution is 0.287. The van der Waals surface area contributed by atoms with Gasteiger partial charge in [-0.05, 0) is 43.5 Å². The quantitative estimate of drug-likeness (QED) is 0.765. The average Bonchev–Trinajstić information content (AvgIpc) is 2.23. The predicted molar refractivity (Wildman–Crippen MR) is 64.9 cm³/mol. The van der Waals surface area contributed by atoms with Crippen LogP contribution < -0.4 is 4.72 Å². The van der Waals surface area contributed by atoms with Crippen molar-refractivity contribution in [1.29, 1.82) is 0 Å². The number of hydrogen-bond acceptors (Lipinski definition) is 3. The Morgan fingerprint density at radius 1 is 1.35 bits per heavy atom. The summed E-state index contributed by atoms with van der Waals surface area (Å²) in [6.07, 6.45) is 0.843. The first-order chi connectivity index (χ1) is 7.94. The topological polar surface area (TPSA) is 66.4 Å². The molecule has 0 aliphatic heterocycles. The molecule has 0 saturated heterocycles. The summed E-state index contributed by atoms with van der Waals surface area (Å²) in [5.74, 6) is -0.419. The molecule has 0 saturated carbocycles. The number of halogens is 1. The molecule has 0 aromatic heterocycles. The third kappa shape index (κ3) is 4.70. The Balaban J connectivity index is 2.66. The number of nitrogens with one attached hydrogen (secondary N) is 1. The predicted octanol–water partition coefficient (Wildman–Crippen LogP) is 1.65. The van der Waals surface area contributed by atoms with Crippen molar-refractivity contribution in [3.8, 4) is 0 Å². The van der Waals surface area contributed by atoms with Gasteiger partial charge in [0.05, 0.1) is 5.75 Å². The van der Waals surface area contributed by atoms with E-state index in [-0.39, 0.29) is 18.2 Å². The SMILES string of the molecule is Cc1cc(NS(=O)(=O)CCCCO)ccc1F. The van der Waals surface area contributed by atoms with Gasteiger partial charge in [0.1, 0.15) is 5.82 Å². The van der Waals surface area contributed by atoms with Crippen molar-refractivity contribution in [1.82, 2.24) is 0 Å². The summed E-state index contributed by atoms with van der Waals surface area (Å²) in [5.41, 5.74) is 0.744. The van der Waals surface area contributed by atoms with Crippen LogP contribution in [-0.4, -0.2) is 25.9 Å². The Morgan fingerprint density at radius 2 is 2.06 bits per heavy atom. The van der Waals surface area contributed by atoms with Gasteiger partial charge in [-0.1, -0.05) is 0 Å². The highest BCUT2D eigenvalue weighted by Gasteiger charge is 2.10. The Labute approximate surface area is 101 Å². The molecule has 0 fully saturated rings. The van der Waals surface area contributed by atoms with Crippen molar-refractivity contribution < 1.29 is 17.9 Å². The summed E-state index contributed by atoms with van der Waals surface area (Å²) in [5, 5.41) is 8.56. The van der Waals surface area contributed by atoms with Crippen molar-refractivity contribution in [2.45, 2.75) is 19.8 Å². The summed E-state index contributed by atoms with van der Waals surface area (Å²) < 4.78 is 38.5. The first-order valence-electron chi connectivity index (χ1n) is 5.32. The van der Waals surface area contributed by atoms with Gasteiger partial charge in [-0.2, -0.15) is 0 Å². The van der Waals surface area contributed by atoms with E-state index in [1.165, 1.54) is 18.2 Å². The van der Waals surface area contributed by atoms with Gasteiger partial charge in [0.25, 0.3) is 0 Å². The Hall–Kier alpha value is -1.14. The number of aliphatic hydroxyl groups excluding tert-OH is 1. The van der Waals surface area contributed by atoms with Crippen molar-refractivity contribution in [2.24, 2.45) is 0 Å². The van der Waals surface area contributed by atoms with Crippen LogP contribution in [0.2, 0.25) is 0 Å². The van der Waals surface area contributed by atoms with E-state index in [2.05, 4.69) is 4.72 Å². The standard InChI is InChI=1S/C11H16FNO3S/c1-9-8-10(4-5-11(9)12)13-17(15,16)7-3-2-6-14/h4-5,8,13-14H,2-3,6-7H2,1H3. The molecule has 1 rings (SSSR count). The lowest BCUT2D eigenvalue weighted by Gasteiger charge is -2.08. The number of sulfonamides is 1. The Kier molecular flexibility index (Phi) is 4.89. The molecular formula is C11H16FNO3S. The minimum Gasteiger partial charge on any atom is -0.396 e. The van der Waals surface area contributed by atoms with Crippen LogP contribution in [0.25, 0.3) is 0 Å². The summed E-state index contributed by atoms with van der Waals surface area (Å²) in [6, 6.07) is 4.05. The second-order valence-electron chi connectivity index (χ2n) is 3.82. The zero-order valence-electron chi connectivity index (χ0n) is 9.61. The zero-order chi connectivity index (χ0) is 12.9. The fourth-order valence-electron chi connectivity index (χ4n) is 1.34. The monoisotopic (exact) mass is 261 g/mol. The third-order valence-electron chi connectivity index (χ3n) is 2.25. The Bertz CT molecular complexity index is 474. The lowest BCUT2D eigenvalue weighted by atomic mass is 10.2. The maximum Gasteiger partial charge on any atom is 0.232 e. The van der Waals surface area contributed by atoms with Gasteiger partial charge < -0.3 is 5.11 Å². The van der Waals surface area contributed by atoms with Crippen molar-refractivity contribution in [3.05, 3.63) is 29.6 Å². The van der Waals surface area contributed by atoms with E-state index in [0.29, 0.717) is 24.1 Å². The largest absolute Gasteiger partial charge is 0.396 e. The molecule has 0 heterocycles. The maximum atomic E-state index is 13.0. The fraction of sp³-hybridized carbons (Fsp3) is 0.455. The van der Waals surface area contributed by atoms with Crippen LogP contribution in [0.1, 0.15) is 18.4 Å². The van der Waals surface area contributed by atoms with Crippen molar-refractivity contribution in [3.63, 3.8) is 0 Å². The van der Waals surface area contributed by atoms with E-state index in [4.69, 9.17) is 5.11 Å². The van der Waals surface area contributed by atoms with Crippen LogP contribution >= 0.6 is 0 Å². The van der Waals surface area contributed by atoms with Crippen LogP contribution in [0.4, 0.5) is 10.1 Å². The molecule has 6 heteroatoms. The van der Waals surface area contributed by atoms with Gasteiger partial charge in [-0.15, -0.1) is 0 Å². The summed E-state index contributed by atoms with van der Waals surface area (Å²) in [4.78, 5) is 0. The molecule has 0 unspecified atom stereocenters. The number of hydrogen-bond donors (Lipinski definition) is 2. The molecule has 0 bridgehead atoms. The highest BCUT2D eigenvalue weighted by atomic mass is 32.2. The first-order valence-corrected chi connectivity index (χ1v) is 6.97. The average molecular weight is 261 g/mol. The number of anilines is 1. The second-order valence-corrected chi connectivity index (χ2v) is 5.66. The van der Waals surface area contributed by atoms with Gasteiger partial charge in [-0.3, -0.25) is 4.72 Å². The van der Waals surface area contributed by atoms with E-state index in [0.717, 1.165) is 0 Å². The first kappa shape index (κ1) is 13.9. The summed E-state index contributed by atoms with van der Waals surface area (Å²) >= 11 is 0. The number of unbranched alkanes of at least 4 members (excludes halogenated alkanes) is 1. The normalized spacial score (nSPS) is 11.5. The van der Waals surface area contributed by atoms with Gasteiger partial charge in [0, 0.05) is 12.3 Å². The van der Waals surface area contributed by atoms with E-state index >= 15 is 0 Å². The molecule has 0 atom stereocenters. The molecular weight excluding hydrogens is 245 g/mol. The van der Waals surface area contributed by atoms with Crippen LogP contribution in [-0.2, 0) is 10.0 Å². The molecule has 1 aromatic carbocycles. The van der Waals surface area contributed by atoms with Crippen LogP contribution in [0.5, 0.6) is 0 Å². The van der Waals surface area contributed by atoms with Gasteiger partial charge >= 0.3 is 0 Å². The number of aryl methyl sites for hydroxylation is 1. The number of rotatable bonds is 6. The molecule has 1 aromatic rings. The number of benzene rings is 1. The van der Waals surface area contributed by atoms with E-state index in [1.54, 1.807) is 6.92 Å². The lowest BCUT2D eigenvalue weighted by Crippen LogP contribution is -2.17. The van der Waals surface area contributed by atoms with Crippen LogP contribution in [0.3, 0.4) is 0 Å². The molecule has 96 valence electrons. The van der Waals surface area contributed by atoms with E-state index in [9.17, 15) is 12.8 Å². The second kappa shape index (κ2) is 5.97. The smallest absolute Gasteiger partial charge is 0.232 e. The van der Waals surface area contributed by atoms with Crippen molar-refractivity contribution >= 4 is 15.7 Å².